The molecule has 0 aliphatic heterocycles. The molecule has 0 aromatic rings. The molecule has 0 bridgehead atoms. The first kappa shape index (κ1) is 48.7. The number of esters is 2. The lowest BCUT2D eigenvalue weighted by atomic mass is 10.0. The molecule has 0 amide bonds. The first-order chi connectivity index (χ1) is 24.8. The highest BCUT2D eigenvalue weighted by atomic mass is 31.2. The Balaban J connectivity index is 4.32. The van der Waals surface area contributed by atoms with E-state index in [0.29, 0.717) is 12.8 Å². The first-order valence-corrected chi connectivity index (χ1v) is 21.3. The van der Waals surface area contributed by atoms with Crippen LogP contribution in [0.15, 0.2) is 60.8 Å². The number of nitrogens with two attached hydrogens (primary N) is 1. The van der Waals surface area contributed by atoms with E-state index in [1.54, 1.807) is 0 Å². The average Bonchev–Trinajstić information content (AvgIpc) is 3.11. The predicted octanol–water partition coefficient (Wildman–Crippen LogP) is 10.9. The van der Waals surface area contributed by atoms with Crippen molar-refractivity contribution in [2.24, 2.45) is 5.73 Å². The Morgan fingerprint density at radius 3 is 1.59 bits per heavy atom. The van der Waals surface area contributed by atoms with Crippen molar-refractivity contribution < 1.29 is 37.6 Å². The number of carbonyl (C=O) groups is 2. The standard InChI is InChI=1S/C41H72NO8P/c1-3-5-7-9-11-13-15-17-18-19-20-22-24-26-28-30-32-34-41(44)50-39(38-49-51(45,46)48-36-35-42)37-47-40(43)33-31-29-27-25-23-21-16-14-12-10-8-6-4-2/h5,7,11,13,17-18,20,22,26,28,39H,3-4,6,8-10,12,14-16,19,21,23-25,27,29-38,42H2,1-2H3,(H,45,46)/b7-5-,13-11-,18-17-,22-20-,28-26-/t39-/m1/s1. The van der Waals surface area contributed by atoms with E-state index < -0.39 is 32.5 Å². The zero-order valence-electron chi connectivity index (χ0n) is 32.1. The largest absolute Gasteiger partial charge is 0.472 e. The van der Waals surface area contributed by atoms with Gasteiger partial charge >= 0.3 is 19.8 Å². The van der Waals surface area contributed by atoms with Crippen LogP contribution < -0.4 is 5.73 Å². The molecule has 0 heterocycles. The molecule has 0 radical (unpaired) electrons. The van der Waals surface area contributed by atoms with Gasteiger partial charge in [-0.05, 0) is 51.4 Å². The van der Waals surface area contributed by atoms with Crippen LogP contribution in [0.3, 0.4) is 0 Å². The molecule has 0 rings (SSSR count). The summed E-state index contributed by atoms with van der Waals surface area (Å²) in [4.78, 5) is 34.7. The number of rotatable bonds is 36. The van der Waals surface area contributed by atoms with Crippen LogP contribution in [0.1, 0.15) is 155 Å². The van der Waals surface area contributed by atoms with Gasteiger partial charge in [-0.1, -0.05) is 152 Å². The van der Waals surface area contributed by atoms with Gasteiger partial charge in [0.05, 0.1) is 13.2 Å². The van der Waals surface area contributed by atoms with Gasteiger partial charge in [0.1, 0.15) is 6.61 Å². The summed E-state index contributed by atoms with van der Waals surface area (Å²) in [6.07, 6.45) is 42.6. The van der Waals surface area contributed by atoms with Crippen LogP contribution in [0.2, 0.25) is 0 Å². The molecule has 0 spiro atoms. The van der Waals surface area contributed by atoms with Crippen molar-refractivity contribution in [2.75, 3.05) is 26.4 Å². The Morgan fingerprint density at radius 2 is 1.08 bits per heavy atom. The number of ether oxygens (including phenoxy) is 2. The average molecular weight is 738 g/mol. The molecule has 0 saturated carbocycles. The van der Waals surface area contributed by atoms with Crippen molar-refractivity contribution in [2.45, 2.75) is 161 Å². The van der Waals surface area contributed by atoms with Crippen molar-refractivity contribution in [3.8, 4) is 0 Å². The van der Waals surface area contributed by atoms with Gasteiger partial charge in [-0.25, -0.2) is 4.57 Å². The number of hydrogen-bond acceptors (Lipinski definition) is 8. The highest BCUT2D eigenvalue weighted by Gasteiger charge is 2.25. The molecule has 294 valence electrons. The molecular weight excluding hydrogens is 665 g/mol. The van der Waals surface area contributed by atoms with Crippen molar-refractivity contribution in [1.82, 2.24) is 0 Å². The molecule has 9 nitrogen and oxygen atoms in total. The van der Waals surface area contributed by atoms with Gasteiger partial charge in [-0.3, -0.25) is 18.6 Å². The number of allylic oxidation sites excluding steroid dienone is 10. The monoisotopic (exact) mass is 737 g/mol. The SMILES string of the molecule is CC/C=C\C/C=C\C/C=C\C/C=C\C/C=C\CCCC(=O)O[C@H](COC(=O)CCCCCCCCCCCCCCC)COP(=O)(O)OCCN. The molecule has 0 aromatic carbocycles. The summed E-state index contributed by atoms with van der Waals surface area (Å²) in [6, 6.07) is 0. The van der Waals surface area contributed by atoms with Crippen LogP contribution in [0.5, 0.6) is 0 Å². The number of phosphoric acid groups is 1. The predicted molar refractivity (Wildman–Crippen MR) is 210 cm³/mol. The van der Waals surface area contributed by atoms with Gasteiger partial charge in [0, 0.05) is 19.4 Å². The topological polar surface area (TPSA) is 134 Å². The fraction of sp³-hybridized carbons (Fsp3) is 0.707. The van der Waals surface area contributed by atoms with Crippen molar-refractivity contribution in [3.05, 3.63) is 60.8 Å². The lowest BCUT2D eigenvalue weighted by Gasteiger charge is -2.19. The molecule has 1 unspecified atom stereocenters. The molecule has 0 fully saturated rings. The van der Waals surface area contributed by atoms with Crippen LogP contribution in [-0.4, -0.2) is 49.3 Å². The summed E-state index contributed by atoms with van der Waals surface area (Å²) in [5.41, 5.74) is 5.33. The van der Waals surface area contributed by atoms with Gasteiger partial charge in [-0.15, -0.1) is 0 Å². The first-order valence-electron chi connectivity index (χ1n) is 19.8. The Hall–Kier alpha value is -2.29. The Kier molecular flexibility index (Phi) is 35.8. The minimum absolute atomic E-state index is 0.0427. The fourth-order valence-electron chi connectivity index (χ4n) is 5.02. The summed E-state index contributed by atoms with van der Waals surface area (Å²) in [5, 5.41) is 0. The fourth-order valence-corrected chi connectivity index (χ4v) is 5.79. The summed E-state index contributed by atoms with van der Waals surface area (Å²) in [6.45, 7) is 3.53. The normalized spacial score (nSPS) is 14.0. The minimum atomic E-state index is -4.39. The van der Waals surface area contributed by atoms with Crippen molar-refractivity contribution in [1.29, 1.82) is 0 Å². The van der Waals surface area contributed by atoms with Gasteiger partial charge < -0.3 is 20.1 Å². The molecule has 2 atom stereocenters. The van der Waals surface area contributed by atoms with E-state index in [-0.39, 0.29) is 32.6 Å². The summed E-state index contributed by atoms with van der Waals surface area (Å²) in [7, 11) is -4.39. The zero-order valence-corrected chi connectivity index (χ0v) is 33.0. The van der Waals surface area contributed by atoms with E-state index in [4.69, 9.17) is 24.3 Å². The Bertz CT molecular complexity index is 1020. The lowest BCUT2D eigenvalue weighted by Crippen LogP contribution is -2.29. The molecule has 51 heavy (non-hydrogen) atoms. The highest BCUT2D eigenvalue weighted by Crippen LogP contribution is 2.43. The third kappa shape index (κ3) is 37.3. The molecule has 0 aliphatic carbocycles. The van der Waals surface area contributed by atoms with Crippen molar-refractivity contribution >= 4 is 19.8 Å². The maximum Gasteiger partial charge on any atom is 0.472 e. The zero-order chi connectivity index (χ0) is 37.5. The van der Waals surface area contributed by atoms with E-state index >= 15 is 0 Å². The van der Waals surface area contributed by atoms with E-state index in [1.165, 1.54) is 64.2 Å². The van der Waals surface area contributed by atoms with Crippen LogP contribution in [0, 0.1) is 0 Å². The highest BCUT2D eigenvalue weighted by molar-refractivity contribution is 7.47. The maximum atomic E-state index is 12.5. The molecule has 3 N–H and O–H groups in total. The minimum Gasteiger partial charge on any atom is -0.462 e. The van der Waals surface area contributed by atoms with Crippen LogP contribution >= 0.6 is 7.82 Å². The van der Waals surface area contributed by atoms with E-state index in [2.05, 4.69) is 68.5 Å². The molecule has 0 aromatic heterocycles. The van der Waals surface area contributed by atoms with Crippen LogP contribution in [0.4, 0.5) is 0 Å². The third-order valence-electron chi connectivity index (χ3n) is 7.92. The molecule has 10 heteroatoms. The van der Waals surface area contributed by atoms with Gasteiger partial charge in [0.15, 0.2) is 6.10 Å². The van der Waals surface area contributed by atoms with Crippen LogP contribution in [0.25, 0.3) is 0 Å². The summed E-state index contributed by atoms with van der Waals surface area (Å²) in [5.74, 6) is -0.900. The molecule has 0 aliphatic rings. The van der Waals surface area contributed by atoms with Gasteiger partial charge in [0.25, 0.3) is 0 Å². The third-order valence-corrected chi connectivity index (χ3v) is 8.90. The smallest absolute Gasteiger partial charge is 0.462 e. The summed E-state index contributed by atoms with van der Waals surface area (Å²) >= 11 is 0. The number of unbranched alkanes of at least 4 members (excludes halogenated alkanes) is 13. The quantitative estimate of drug-likeness (QED) is 0.0279. The van der Waals surface area contributed by atoms with E-state index in [0.717, 1.165) is 51.4 Å². The second-order valence-corrected chi connectivity index (χ2v) is 14.2. The van der Waals surface area contributed by atoms with E-state index in [1.807, 2.05) is 6.08 Å². The van der Waals surface area contributed by atoms with Crippen molar-refractivity contribution in [3.63, 3.8) is 0 Å². The number of phosphoric ester groups is 1. The molecular formula is C41H72NO8P. The Morgan fingerprint density at radius 1 is 0.608 bits per heavy atom. The van der Waals surface area contributed by atoms with Gasteiger partial charge in [-0.2, -0.15) is 0 Å². The maximum absolute atomic E-state index is 12.5. The molecule has 0 saturated heterocycles. The Labute approximate surface area is 310 Å². The second kappa shape index (κ2) is 37.5. The van der Waals surface area contributed by atoms with Gasteiger partial charge in [0.2, 0.25) is 0 Å². The number of hydrogen-bond donors (Lipinski definition) is 2. The van der Waals surface area contributed by atoms with Crippen LogP contribution in [-0.2, 0) is 32.7 Å². The number of carbonyl (C=O) groups excluding carboxylic acids is 2. The summed E-state index contributed by atoms with van der Waals surface area (Å²) < 4.78 is 32.6. The lowest BCUT2D eigenvalue weighted by molar-refractivity contribution is -0.161. The second-order valence-electron chi connectivity index (χ2n) is 12.8. The van der Waals surface area contributed by atoms with E-state index in [9.17, 15) is 19.0 Å².